The monoisotopic (exact) mass is 655 g/mol. The second-order valence-corrected chi connectivity index (χ2v) is 12.4. The lowest BCUT2D eigenvalue weighted by Gasteiger charge is -2.34. The number of fused-ring (bicyclic) bond motifs is 1. The average molecular weight is 656 g/mol. The maximum Gasteiger partial charge on any atom is 0.205 e. The van der Waals surface area contributed by atoms with Crippen LogP contribution in [0.5, 0.6) is 5.75 Å². The second-order valence-electron chi connectivity index (χ2n) is 12.4. The smallest absolute Gasteiger partial charge is 0.205 e. The van der Waals surface area contributed by atoms with Gasteiger partial charge < -0.3 is 9.47 Å². The molecule has 0 spiro atoms. The summed E-state index contributed by atoms with van der Waals surface area (Å²) in [5, 5.41) is 14.6. The molecule has 0 saturated heterocycles. The molecule has 0 saturated carbocycles. The van der Waals surface area contributed by atoms with Crippen LogP contribution in [0.2, 0.25) is 0 Å². The molecule has 0 unspecified atom stereocenters. The van der Waals surface area contributed by atoms with E-state index in [1.807, 2.05) is 30.3 Å². The highest BCUT2D eigenvalue weighted by molar-refractivity contribution is 5.80. The molecule has 7 aromatic rings. The Hall–Kier alpha value is -5.92. The Balaban J connectivity index is 1.13. The van der Waals surface area contributed by atoms with Crippen LogP contribution in [0.25, 0.3) is 22.5 Å². The van der Waals surface area contributed by atoms with Crippen molar-refractivity contribution in [1.29, 1.82) is 0 Å². The van der Waals surface area contributed by atoms with Crippen molar-refractivity contribution < 1.29 is 9.47 Å². The highest BCUT2D eigenvalue weighted by Gasteiger charge is 2.41. The molecule has 0 atom stereocenters. The molecule has 0 N–H and O–H groups in total. The maximum absolute atomic E-state index is 6.39. The fourth-order valence-corrected chi connectivity index (χ4v) is 6.91. The van der Waals surface area contributed by atoms with Crippen molar-refractivity contribution in [3.05, 3.63) is 185 Å². The number of ether oxygens (including phenoxy) is 2. The number of hydrogen-bond acceptors (Lipinski definition) is 6. The fourth-order valence-electron chi connectivity index (χ4n) is 6.91. The maximum atomic E-state index is 6.39. The molecule has 0 fully saturated rings. The van der Waals surface area contributed by atoms with E-state index in [0.717, 1.165) is 74.5 Å². The highest BCUT2D eigenvalue weighted by atomic mass is 16.5. The molecule has 0 bridgehead atoms. The summed E-state index contributed by atoms with van der Waals surface area (Å²) in [6.45, 7) is 3.82. The van der Waals surface area contributed by atoms with Gasteiger partial charge in [-0.3, -0.25) is 4.98 Å². The van der Waals surface area contributed by atoms with Crippen LogP contribution in [0.4, 0.5) is 0 Å². The first kappa shape index (κ1) is 31.4. The lowest BCUT2D eigenvalue weighted by molar-refractivity contribution is 0.105. The first-order chi connectivity index (χ1) is 24.7. The van der Waals surface area contributed by atoms with E-state index in [9.17, 15) is 0 Å². The van der Waals surface area contributed by atoms with Gasteiger partial charge in [0.25, 0.3) is 0 Å². The molecule has 0 amide bonds. The van der Waals surface area contributed by atoms with E-state index in [-0.39, 0.29) is 0 Å². The van der Waals surface area contributed by atoms with Crippen molar-refractivity contribution >= 4 is 0 Å². The molecule has 3 heterocycles. The average Bonchev–Trinajstić information content (AvgIpc) is 3.69. The van der Waals surface area contributed by atoms with Gasteiger partial charge in [0, 0.05) is 29.3 Å². The molecule has 7 nitrogen and oxygen atoms in total. The zero-order valence-electron chi connectivity index (χ0n) is 27.9. The zero-order valence-corrected chi connectivity index (χ0v) is 27.9. The third kappa shape index (κ3) is 5.86. The molecule has 2 aromatic heterocycles. The van der Waals surface area contributed by atoms with Crippen LogP contribution in [0.3, 0.4) is 0 Å². The quantitative estimate of drug-likeness (QED) is 0.138. The van der Waals surface area contributed by atoms with Crippen molar-refractivity contribution in [1.82, 2.24) is 25.2 Å². The van der Waals surface area contributed by atoms with E-state index in [4.69, 9.17) is 29.9 Å². The molecule has 0 radical (unpaired) electrons. The molecule has 8 rings (SSSR count). The number of pyridine rings is 1. The zero-order chi connectivity index (χ0) is 33.8. The first-order valence-electron chi connectivity index (χ1n) is 17.1. The second kappa shape index (κ2) is 13.9. The molecule has 0 aliphatic carbocycles. The summed E-state index contributed by atoms with van der Waals surface area (Å²) in [7, 11) is 0. The summed E-state index contributed by atoms with van der Waals surface area (Å²) >= 11 is 0. The minimum atomic E-state index is -0.843. The fraction of sp³-hybridized carbons (Fsp3) is 0.163. The Morgan fingerprint density at radius 1 is 0.720 bits per heavy atom. The van der Waals surface area contributed by atoms with E-state index in [2.05, 4.69) is 122 Å². The summed E-state index contributed by atoms with van der Waals surface area (Å²) in [5.74, 6) is 1.47. The Labute approximate surface area is 292 Å². The van der Waals surface area contributed by atoms with Gasteiger partial charge in [0.15, 0.2) is 5.54 Å². The predicted molar refractivity (Wildman–Crippen MR) is 195 cm³/mol. The summed E-state index contributed by atoms with van der Waals surface area (Å²) < 4.78 is 12.0. The lowest BCUT2D eigenvalue weighted by atomic mass is 9.77. The van der Waals surface area contributed by atoms with E-state index >= 15 is 0 Å². The van der Waals surface area contributed by atoms with E-state index in [1.54, 1.807) is 4.80 Å². The van der Waals surface area contributed by atoms with Gasteiger partial charge in [0.1, 0.15) is 12.4 Å². The molecular weight excluding hydrogens is 619 g/mol. The molecule has 246 valence electrons. The summed E-state index contributed by atoms with van der Waals surface area (Å²) in [4.78, 5) is 6.54. The normalized spacial score (nSPS) is 12.7. The SMILES string of the molecule is CCc1cc(OCc2ccc(-c3ccccc3-c3nnn(C(c4ccccc4)(c4ccccc4)c4ccccc4)n3)cc2)c2c(n1)COCC2. The van der Waals surface area contributed by atoms with Gasteiger partial charge in [0.05, 0.1) is 18.9 Å². The molecule has 7 heteroatoms. The van der Waals surface area contributed by atoms with Crippen LogP contribution in [0.15, 0.2) is 146 Å². The van der Waals surface area contributed by atoms with Gasteiger partial charge in [-0.1, -0.05) is 146 Å². The number of benzene rings is 5. The molecule has 1 aliphatic rings. The molecule has 50 heavy (non-hydrogen) atoms. The van der Waals surface area contributed by atoms with Gasteiger partial charge in [0.2, 0.25) is 5.82 Å². The number of aryl methyl sites for hydroxylation is 1. The van der Waals surface area contributed by atoms with Crippen molar-refractivity contribution in [2.45, 2.75) is 38.5 Å². The topological polar surface area (TPSA) is 75.0 Å². The van der Waals surface area contributed by atoms with E-state index < -0.39 is 5.54 Å². The summed E-state index contributed by atoms with van der Waals surface area (Å²) in [5.41, 5.74) is 9.55. The van der Waals surface area contributed by atoms with Crippen LogP contribution < -0.4 is 4.74 Å². The minimum Gasteiger partial charge on any atom is -0.488 e. The van der Waals surface area contributed by atoms with Crippen LogP contribution in [0.1, 0.15) is 46.1 Å². The number of aromatic nitrogens is 5. The third-order valence-electron chi connectivity index (χ3n) is 9.44. The largest absolute Gasteiger partial charge is 0.488 e. The van der Waals surface area contributed by atoms with Crippen molar-refractivity contribution in [2.24, 2.45) is 0 Å². The summed E-state index contributed by atoms with van der Waals surface area (Å²) in [6.07, 6.45) is 1.67. The number of rotatable bonds is 10. The number of tetrazole rings is 1. The Morgan fingerprint density at radius 3 is 1.94 bits per heavy atom. The Kier molecular flexibility index (Phi) is 8.72. The van der Waals surface area contributed by atoms with Gasteiger partial charge in [-0.2, -0.15) is 0 Å². The minimum absolute atomic E-state index is 0.471. The van der Waals surface area contributed by atoms with Crippen molar-refractivity contribution in [3.8, 4) is 28.3 Å². The van der Waals surface area contributed by atoms with Crippen molar-refractivity contribution in [2.75, 3.05) is 6.61 Å². The van der Waals surface area contributed by atoms with E-state index in [1.165, 1.54) is 0 Å². The highest BCUT2D eigenvalue weighted by Crippen LogP contribution is 2.40. The molecule has 5 aromatic carbocycles. The van der Waals surface area contributed by atoms with Gasteiger partial charge >= 0.3 is 0 Å². The third-order valence-corrected chi connectivity index (χ3v) is 9.44. The van der Waals surface area contributed by atoms with Gasteiger partial charge in [-0.05, 0) is 45.0 Å². The Bertz CT molecular complexity index is 2100. The predicted octanol–water partition coefficient (Wildman–Crippen LogP) is 8.46. The summed E-state index contributed by atoms with van der Waals surface area (Å²) in [6, 6.07) is 50.0. The van der Waals surface area contributed by atoms with Crippen LogP contribution in [0, 0.1) is 0 Å². The van der Waals surface area contributed by atoms with Gasteiger partial charge in [-0.15, -0.1) is 15.0 Å². The standard InChI is InChI=1S/C43H37N5O2/c1-2-36-28-41(39-26-27-49-30-40(39)44-36)50-29-31-22-24-32(25-23-31)37-20-12-13-21-38(37)42-45-47-48(46-42)43(33-14-6-3-7-15-33,34-16-8-4-9-17-34)35-18-10-5-11-19-35/h3-25,28H,2,26-27,29-30H2,1H3. The lowest BCUT2D eigenvalue weighted by Crippen LogP contribution is -2.39. The Morgan fingerprint density at radius 2 is 1.32 bits per heavy atom. The molecular formula is C43H37N5O2. The number of hydrogen-bond donors (Lipinski definition) is 0. The van der Waals surface area contributed by atoms with Crippen molar-refractivity contribution in [3.63, 3.8) is 0 Å². The van der Waals surface area contributed by atoms with Gasteiger partial charge in [-0.25, -0.2) is 0 Å². The van der Waals surface area contributed by atoms with Crippen LogP contribution in [-0.4, -0.2) is 31.8 Å². The first-order valence-corrected chi connectivity index (χ1v) is 17.1. The number of nitrogens with zero attached hydrogens (tertiary/aromatic N) is 5. The van der Waals surface area contributed by atoms with E-state index in [0.29, 0.717) is 25.6 Å². The van der Waals surface area contributed by atoms with Crippen LogP contribution in [-0.2, 0) is 36.3 Å². The molecule has 1 aliphatic heterocycles. The van der Waals surface area contributed by atoms with Crippen LogP contribution >= 0.6 is 0 Å².